The van der Waals surface area contributed by atoms with Gasteiger partial charge in [0.2, 0.25) is 11.8 Å². The summed E-state index contributed by atoms with van der Waals surface area (Å²) >= 11 is 0. The lowest BCUT2D eigenvalue weighted by Gasteiger charge is -2.42. The van der Waals surface area contributed by atoms with Gasteiger partial charge in [-0.2, -0.15) is 0 Å². The minimum absolute atomic E-state index is 0.103. The maximum absolute atomic E-state index is 13.9. The number of nitrogens with zero attached hydrogens (tertiary/aromatic N) is 2. The Morgan fingerprint density at radius 2 is 1.74 bits per heavy atom. The summed E-state index contributed by atoms with van der Waals surface area (Å²) in [5, 5.41) is 3.31. The van der Waals surface area contributed by atoms with Crippen molar-refractivity contribution >= 4 is 11.8 Å². The van der Waals surface area contributed by atoms with Crippen LogP contribution < -0.4 is 5.32 Å². The molecule has 1 N–H and O–H groups in total. The maximum Gasteiger partial charge on any atom is 0.245 e. The van der Waals surface area contributed by atoms with Crippen LogP contribution in [0.5, 0.6) is 0 Å². The van der Waals surface area contributed by atoms with Crippen LogP contribution in [0.3, 0.4) is 0 Å². The molecule has 196 valence electrons. The van der Waals surface area contributed by atoms with Crippen LogP contribution in [0.4, 0.5) is 0 Å². The lowest BCUT2D eigenvalue weighted by Crippen LogP contribution is -2.56. The molecule has 0 unspecified atom stereocenters. The number of likely N-dealkylation sites (tertiary alicyclic amines) is 1. The van der Waals surface area contributed by atoms with Crippen LogP contribution in [0.1, 0.15) is 98.3 Å². The molecule has 2 atom stereocenters. The molecule has 0 bridgehead atoms. The Hall–Kier alpha value is -1.14. The Labute approximate surface area is 208 Å². The third-order valence-corrected chi connectivity index (χ3v) is 8.69. The zero-order valence-corrected chi connectivity index (χ0v) is 22.4. The molecule has 2 amide bonds. The topological polar surface area (TPSA) is 61.9 Å². The highest BCUT2D eigenvalue weighted by Crippen LogP contribution is 2.38. The van der Waals surface area contributed by atoms with Gasteiger partial charge in [0, 0.05) is 19.7 Å². The van der Waals surface area contributed by atoms with Gasteiger partial charge in [-0.1, -0.05) is 53.4 Å². The molecule has 6 nitrogen and oxygen atoms in total. The number of nitrogens with one attached hydrogen (secondary N) is 1. The molecule has 0 saturated carbocycles. The van der Waals surface area contributed by atoms with Gasteiger partial charge in [0.1, 0.15) is 6.04 Å². The van der Waals surface area contributed by atoms with Crippen LogP contribution in [0.2, 0.25) is 0 Å². The highest BCUT2D eigenvalue weighted by atomic mass is 16.5. The van der Waals surface area contributed by atoms with Crippen molar-refractivity contribution in [3.8, 4) is 0 Å². The third-order valence-electron chi connectivity index (χ3n) is 8.69. The second kappa shape index (κ2) is 13.2. The molecular weight excluding hydrogens is 426 g/mol. The van der Waals surface area contributed by atoms with Crippen molar-refractivity contribution in [2.45, 2.75) is 110 Å². The second-order valence-electron chi connectivity index (χ2n) is 11.6. The van der Waals surface area contributed by atoms with E-state index in [2.05, 4.69) is 37.9 Å². The Morgan fingerprint density at radius 1 is 1.00 bits per heavy atom. The highest BCUT2D eigenvalue weighted by Gasteiger charge is 2.43. The normalized spacial score (nSPS) is 27.8. The Kier molecular flexibility index (Phi) is 10.7. The van der Waals surface area contributed by atoms with E-state index in [1.54, 1.807) is 0 Å². The summed E-state index contributed by atoms with van der Waals surface area (Å²) in [4.78, 5) is 32.1. The van der Waals surface area contributed by atoms with E-state index in [9.17, 15) is 9.59 Å². The first kappa shape index (κ1) is 27.4. The van der Waals surface area contributed by atoms with Gasteiger partial charge in [0.25, 0.3) is 0 Å². The summed E-state index contributed by atoms with van der Waals surface area (Å²) < 4.78 is 6.00. The maximum atomic E-state index is 13.9. The van der Waals surface area contributed by atoms with Gasteiger partial charge in [0.05, 0.1) is 18.1 Å². The minimum Gasteiger partial charge on any atom is -0.379 e. The summed E-state index contributed by atoms with van der Waals surface area (Å²) in [7, 11) is 0. The van der Waals surface area contributed by atoms with Crippen molar-refractivity contribution in [3.05, 3.63) is 0 Å². The summed E-state index contributed by atoms with van der Waals surface area (Å²) in [6.07, 6.45) is 11.1. The second-order valence-corrected chi connectivity index (χ2v) is 11.6. The number of hydrogen-bond acceptors (Lipinski definition) is 4. The first-order valence-electron chi connectivity index (χ1n) is 14.3. The molecule has 3 aliphatic rings. The average molecular weight is 478 g/mol. The van der Waals surface area contributed by atoms with Crippen molar-refractivity contribution in [1.82, 2.24) is 15.1 Å². The van der Waals surface area contributed by atoms with Crippen molar-refractivity contribution in [2.75, 3.05) is 39.4 Å². The van der Waals surface area contributed by atoms with Gasteiger partial charge in [-0.25, -0.2) is 0 Å². The molecule has 0 aromatic rings. The quantitative estimate of drug-likeness (QED) is 0.606. The number of piperidine rings is 1. The molecule has 0 aliphatic carbocycles. The molecule has 3 saturated heterocycles. The van der Waals surface area contributed by atoms with E-state index in [0.717, 1.165) is 90.1 Å². The first-order valence-corrected chi connectivity index (χ1v) is 14.3. The lowest BCUT2D eigenvalue weighted by atomic mass is 9.73. The fourth-order valence-electron chi connectivity index (χ4n) is 6.23. The fourth-order valence-corrected chi connectivity index (χ4v) is 6.23. The highest BCUT2D eigenvalue weighted by molar-refractivity contribution is 5.90. The van der Waals surface area contributed by atoms with E-state index < -0.39 is 6.04 Å². The first-order chi connectivity index (χ1) is 16.4. The van der Waals surface area contributed by atoms with Gasteiger partial charge in [0.15, 0.2) is 0 Å². The SMILES string of the molecule is CCC(CC)CN1CCC2(CCCCCOC[C@@H]3CCCN3C(=O)[C@H](CC(C)C)NC2=O)CC1. The number of rotatable bonds is 6. The van der Waals surface area contributed by atoms with Crippen LogP contribution in [0.25, 0.3) is 0 Å². The molecule has 3 aliphatic heterocycles. The van der Waals surface area contributed by atoms with Crippen molar-refractivity contribution in [1.29, 1.82) is 0 Å². The van der Waals surface area contributed by atoms with Crippen LogP contribution in [0.15, 0.2) is 0 Å². The van der Waals surface area contributed by atoms with E-state index >= 15 is 0 Å². The summed E-state index contributed by atoms with van der Waals surface area (Å²) in [6.45, 7) is 14.1. The molecule has 3 fully saturated rings. The van der Waals surface area contributed by atoms with Gasteiger partial charge >= 0.3 is 0 Å². The number of fused-ring (bicyclic) bond motifs is 1. The fraction of sp³-hybridized carbons (Fsp3) is 0.929. The van der Waals surface area contributed by atoms with Crippen molar-refractivity contribution in [2.24, 2.45) is 17.3 Å². The van der Waals surface area contributed by atoms with Crippen molar-refractivity contribution in [3.63, 3.8) is 0 Å². The zero-order valence-electron chi connectivity index (χ0n) is 22.4. The van der Waals surface area contributed by atoms with Gasteiger partial charge < -0.3 is 19.9 Å². The Morgan fingerprint density at radius 3 is 2.41 bits per heavy atom. The largest absolute Gasteiger partial charge is 0.379 e. The molecule has 3 rings (SSSR count). The average Bonchev–Trinajstić information content (AvgIpc) is 3.29. The molecule has 0 radical (unpaired) electrons. The minimum atomic E-state index is -0.421. The van der Waals surface area contributed by atoms with Crippen molar-refractivity contribution < 1.29 is 14.3 Å². The van der Waals surface area contributed by atoms with E-state index in [0.29, 0.717) is 18.9 Å². The van der Waals surface area contributed by atoms with E-state index in [-0.39, 0.29) is 23.3 Å². The predicted octanol–water partition coefficient (Wildman–Crippen LogP) is 4.62. The number of amides is 2. The van der Waals surface area contributed by atoms with E-state index in [1.807, 2.05) is 4.90 Å². The molecule has 6 heteroatoms. The lowest BCUT2D eigenvalue weighted by molar-refractivity contribution is -0.143. The molecule has 0 aromatic heterocycles. The van der Waals surface area contributed by atoms with Crippen LogP contribution in [0, 0.1) is 17.3 Å². The molecular formula is C28H51N3O3. The standard InChI is InChI=1S/C28H51N3O3/c1-5-23(6-2)20-30-16-13-28(14-17-30)12-8-7-9-18-34-21-24-11-10-15-31(24)26(32)25(19-22(3)4)29-27(28)33/h22-25H,5-21H2,1-4H3,(H,29,33)/t24-,25-/m0/s1. The number of ether oxygens (including phenoxy) is 1. The Balaban J connectivity index is 1.75. The van der Waals surface area contributed by atoms with E-state index in [1.165, 1.54) is 12.8 Å². The third kappa shape index (κ3) is 7.19. The molecule has 0 aromatic carbocycles. The smallest absolute Gasteiger partial charge is 0.245 e. The number of carbonyl (C=O) groups excluding carboxylic acids is 2. The van der Waals surface area contributed by atoms with Gasteiger partial charge in [-0.15, -0.1) is 0 Å². The molecule has 3 heterocycles. The summed E-state index contributed by atoms with van der Waals surface area (Å²) in [5.41, 5.74) is -0.338. The predicted molar refractivity (Wildman–Crippen MR) is 138 cm³/mol. The van der Waals surface area contributed by atoms with Gasteiger partial charge in [-0.05, 0) is 69.9 Å². The van der Waals surface area contributed by atoms with Crippen LogP contribution in [-0.2, 0) is 14.3 Å². The van der Waals surface area contributed by atoms with Crippen LogP contribution >= 0.6 is 0 Å². The van der Waals surface area contributed by atoms with Gasteiger partial charge in [-0.3, -0.25) is 9.59 Å². The summed E-state index contributed by atoms with van der Waals surface area (Å²) in [6, 6.07) is -0.264. The summed E-state index contributed by atoms with van der Waals surface area (Å²) in [5.74, 6) is 1.33. The monoisotopic (exact) mass is 477 g/mol. The molecule has 34 heavy (non-hydrogen) atoms. The Bertz CT molecular complexity index is 641. The molecule has 1 spiro atoms. The van der Waals surface area contributed by atoms with E-state index in [4.69, 9.17) is 4.74 Å². The number of hydrogen-bond donors (Lipinski definition) is 1. The van der Waals surface area contributed by atoms with Crippen LogP contribution in [-0.4, -0.2) is 73.1 Å². The number of carbonyl (C=O) groups is 2. The zero-order chi connectivity index (χ0) is 24.6.